The molecule has 0 bridgehead atoms. The van der Waals surface area contributed by atoms with Crippen molar-refractivity contribution in [1.29, 1.82) is 0 Å². The first kappa shape index (κ1) is 18.1. The van der Waals surface area contributed by atoms with Crippen LogP contribution in [0.3, 0.4) is 0 Å². The predicted molar refractivity (Wildman–Crippen MR) is 103 cm³/mol. The highest BCUT2D eigenvalue weighted by molar-refractivity contribution is 5.50. The molecule has 1 aliphatic carbocycles. The van der Waals surface area contributed by atoms with Gasteiger partial charge in [0, 0.05) is 25.2 Å². The smallest absolute Gasteiger partial charge is 0.134 e. The Morgan fingerprint density at radius 3 is 2.89 bits per heavy atom. The molecule has 1 saturated heterocycles. The third-order valence-electron chi connectivity index (χ3n) is 5.37. The number of nitrogens with one attached hydrogen (secondary N) is 1. The number of anilines is 2. The number of aliphatic hydroxyl groups excluding tert-OH is 1. The van der Waals surface area contributed by atoms with E-state index in [0.717, 1.165) is 30.3 Å². The number of aliphatic hydroxyl groups is 1. The van der Waals surface area contributed by atoms with E-state index in [1.54, 1.807) is 6.33 Å². The van der Waals surface area contributed by atoms with Crippen LogP contribution in [0.4, 0.5) is 11.6 Å². The van der Waals surface area contributed by atoms with Crippen molar-refractivity contribution in [2.24, 2.45) is 0 Å². The third kappa shape index (κ3) is 4.19. The Bertz CT molecular complexity index is 759. The highest BCUT2D eigenvalue weighted by Crippen LogP contribution is 2.30. The van der Waals surface area contributed by atoms with Gasteiger partial charge in [-0.15, -0.1) is 5.10 Å². The normalized spacial score (nSPS) is 23.0. The molecule has 9 heteroatoms. The fourth-order valence-corrected chi connectivity index (χ4v) is 3.77. The first-order chi connectivity index (χ1) is 13.1. The van der Waals surface area contributed by atoms with E-state index < -0.39 is 0 Å². The minimum absolute atomic E-state index is 0.250. The van der Waals surface area contributed by atoms with Crippen LogP contribution in [0.15, 0.2) is 18.6 Å². The molecule has 0 aromatic carbocycles. The van der Waals surface area contributed by atoms with Crippen molar-refractivity contribution in [2.75, 3.05) is 37.4 Å². The number of likely N-dealkylation sites (N-methyl/N-ethyl adjacent to an activating group) is 1. The first-order valence-electron chi connectivity index (χ1n) is 9.64. The average Bonchev–Trinajstić information content (AvgIpc) is 3.18. The molecular weight excluding hydrogens is 344 g/mol. The lowest BCUT2D eigenvalue weighted by molar-refractivity contribution is 0.191. The van der Waals surface area contributed by atoms with Gasteiger partial charge in [0.05, 0.1) is 24.9 Å². The molecule has 2 aliphatic rings. The fourth-order valence-electron chi connectivity index (χ4n) is 3.77. The number of nitrogens with zero attached hydrogens (tertiary/aromatic N) is 7. The van der Waals surface area contributed by atoms with Crippen molar-refractivity contribution >= 4 is 11.6 Å². The van der Waals surface area contributed by atoms with Crippen LogP contribution in [-0.4, -0.2) is 74.3 Å². The van der Waals surface area contributed by atoms with Crippen molar-refractivity contribution in [3.63, 3.8) is 0 Å². The third-order valence-corrected chi connectivity index (χ3v) is 5.37. The van der Waals surface area contributed by atoms with Gasteiger partial charge in [0.15, 0.2) is 0 Å². The molecule has 2 aromatic heterocycles. The molecule has 2 atom stereocenters. The number of rotatable bonds is 7. The fraction of sp³-hybridized carbons (Fsp3) is 0.667. The topological polar surface area (TPSA) is 95.2 Å². The Balaban J connectivity index is 1.40. The number of hydrogen-bond acceptors (Lipinski definition) is 8. The SMILES string of the molecule is CN(C)C[C@H]1C[C@@H](O)CN1c1cc(NCc2cn(C3CCC3)nn2)ncn1. The quantitative estimate of drug-likeness (QED) is 0.740. The van der Waals surface area contributed by atoms with Crippen LogP contribution in [0.25, 0.3) is 0 Å². The molecule has 4 rings (SSSR count). The van der Waals surface area contributed by atoms with Gasteiger partial charge in [-0.1, -0.05) is 5.21 Å². The zero-order chi connectivity index (χ0) is 18.8. The largest absolute Gasteiger partial charge is 0.391 e. The molecule has 0 unspecified atom stereocenters. The van der Waals surface area contributed by atoms with E-state index in [1.807, 2.05) is 31.0 Å². The van der Waals surface area contributed by atoms with Crippen LogP contribution in [0.2, 0.25) is 0 Å². The van der Waals surface area contributed by atoms with Gasteiger partial charge in [-0.2, -0.15) is 0 Å². The molecule has 0 amide bonds. The summed E-state index contributed by atoms with van der Waals surface area (Å²) in [6.45, 7) is 2.06. The van der Waals surface area contributed by atoms with E-state index in [9.17, 15) is 5.11 Å². The van der Waals surface area contributed by atoms with Gasteiger partial charge in [0.2, 0.25) is 0 Å². The van der Waals surface area contributed by atoms with Gasteiger partial charge in [0.25, 0.3) is 0 Å². The van der Waals surface area contributed by atoms with Gasteiger partial charge < -0.3 is 20.2 Å². The molecule has 2 aromatic rings. The average molecular weight is 372 g/mol. The predicted octanol–water partition coefficient (Wildman–Crippen LogP) is 0.906. The summed E-state index contributed by atoms with van der Waals surface area (Å²) in [5, 5.41) is 21.9. The highest BCUT2D eigenvalue weighted by atomic mass is 16.3. The Hall–Kier alpha value is -2.26. The molecule has 1 aliphatic heterocycles. The number of aromatic nitrogens is 5. The second-order valence-corrected chi connectivity index (χ2v) is 7.85. The molecule has 2 N–H and O–H groups in total. The van der Waals surface area contributed by atoms with Gasteiger partial charge in [0.1, 0.15) is 23.7 Å². The summed E-state index contributed by atoms with van der Waals surface area (Å²) in [5.41, 5.74) is 0.907. The van der Waals surface area contributed by atoms with Crippen LogP contribution in [0.5, 0.6) is 0 Å². The highest BCUT2D eigenvalue weighted by Gasteiger charge is 2.32. The van der Waals surface area contributed by atoms with E-state index in [1.165, 1.54) is 19.3 Å². The maximum absolute atomic E-state index is 10.1. The monoisotopic (exact) mass is 372 g/mol. The van der Waals surface area contributed by atoms with Crippen LogP contribution < -0.4 is 10.2 Å². The summed E-state index contributed by atoms with van der Waals surface area (Å²) in [5.74, 6) is 1.59. The van der Waals surface area contributed by atoms with Gasteiger partial charge in [-0.05, 0) is 39.8 Å². The maximum Gasteiger partial charge on any atom is 0.134 e. The van der Waals surface area contributed by atoms with Crippen molar-refractivity contribution in [1.82, 2.24) is 29.9 Å². The zero-order valence-electron chi connectivity index (χ0n) is 16.0. The standard InChI is InChI=1S/C18H28N8O/c1-24(2)10-15-6-16(27)11-25(15)18-7-17(20-12-21-18)19-8-13-9-26(23-22-13)14-4-3-5-14/h7,9,12,14-16,27H,3-6,8,10-11H2,1-2H3,(H,19,20,21)/t15-,16-/m1/s1. The molecule has 9 nitrogen and oxygen atoms in total. The van der Waals surface area contributed by atoms with E-state index in [-0.39, 0.29) is 12.1 Å². The molecule has 27 heavy (non-hydrogen) atoms. The van der Waals surface area contributed by atoms with Crippen molar-refractivity contribution < 1.29 is 5.11 Å². The summed E-state index contributed by atoms with van der Waals surface area (Å²) in [7, 11) is 4.10. The molecule has 146 valence electrons. The van der Waals surface area contributed by atoms with Crippen LogP contribution in [0.1, 0.15) is 37.4 Å². The maximum atomic E-state index is 10.1. The molecule has 1 saturated carbocycles. The molecule has 0 spiro atoms. The second-order valence-electron chi connectivity index (χ2n) is 7.85. The zero-order valence-corrected chi connectivity index (χ0v) is 16.0. The summed E-state index contributed by atoms with van der Waals surface area (Å²) < 4.78 is 1.98. The van der Waals surface area contributed by atoms with Crippen molar-refractivity contribution in [3.05, 3.63) is 24.3 Å². The minimum atomic E-state index is -0.317. The molecule has 2 fully saturated rings. The Morgan fingerprint density at radius 2 is 2.15 bits per heavy atom. The van der Waals surface area contributed by atoms with Crippen molar-refractivity contribution in [2.45, 2.75) is 50.4 Å². The van der Waals surface area contributed by atoms with Gasteiger partial charge in [-0.3, -0.25) is 0 Å². The van der Waals surface area contributed by atoms with Crippen molar-refractivity contribution in [3.8, 4) is 0 Å². The Labute approximate surface area is 159 Å². The second kappa shape index (κ2) is 7.77. The van der Waals surface area contributed by atoms with E-state index in [2.05, 4.69) is 35.4 Å². The van der Waals surface area contributed by atoms with E-state index >= 15 is 0 Å². The summed E-state index contributed by atoms with van der Waals surface area (Å²) >= 11 is 0. The number of β-amino-alcohol motifs (C(OH)–C–C–N with tert-alkyl or cyclic N) is 1. The lowest BCUT2D eigenvalue weighted by atomic mass is 9.93. The summed E-state index contributed by atoms with van der Waals surface area (Å²) in [4.78, 5) is 13.1. The first-order valence-corrected chi connectivity index (χ1v) is 9.64. The summed E-state index contributed by atoms with van der Waals surface area (Å²) in [6, 6.07) is 2.71. The Kier molecular flexibility index (Phi) is 5.22. The summed E-state index contributed by atoms with van der Waals surface area (Å²) in [6.07, 6.45) is 7.70. The lowest BCUT2D eigenvalue weighted by Crippen LogP contribution is -2.38. The molecule has 0 radical (unpaired) electrons. The van der Waals surface area contributed by atoms with Crippen LogP contribution >= 0.6 is 0 Å². The van der Waals surface area contributed by atoms with Gasteiger partial charge >= 0.3 is 0 Å². The molecule has 3 heterocycles. The lowest BCUT2D eigenvalue weighted by Gasteiger charge is -2.27. The van der Waals surface area contributed by atoms with E-state index in [4.69, 9.17) is 0 Å². The molecular formula is C18H28N8O. The Morgan fingerprint density at radius 1 is 1.30 bits per heavy atom. The van der Waals surface area contributed by atoms with Crippen LogP contribution in [0, 0.1) is 0 Å². The number of hydrogen-bond donors (Lipinski definition) is 2. The minimum Gasteiger partial charge on any atom is -0.391 e. The van der Waals surface area contributed by atoms with Crippen LogP contribution in [-0.2, 0) is 6.54 Å². The van der Waals surface area contributed by atoms with E-state index in [0.29, 0.717) is 19.1 Å². The van der Waals surface area contributed by atoms with Gasteiger partial charge in [-0.25, -0.2) is 14.6 Å².